The maximum absolute atomic E-state index is 13.7. The Kier molecular flexibility index (Phi) is 5.57. The quantitative estimate of drug-likeness (QED) is 0.384. The monoisotopic (exact) mass is 452 g/mol. The summed E-state index contributed by atoms with van der Waals surface area (Å²) in [4.78, 5) is 18.5. The third-order valence-electron chi connectivity index (χ3n) is 6.34. The molecule has 1 amide bonds. The molecular formula is C28H28N4O2. The maximum Gasteiger partial charge on any atom is 0.255 e. The van der Waals surface area contributed by atoms with Gasteiger partial charge in [0.05, 0.1) is 29.8 Å². The first-order valence-corrected chi connectivity index (χ1v) is 11.5. The van der Waals surface area contributed by atoms with Crippen LogP contribution >= 0.6 is 0 Å². The average molecular weight is 453 g/mol. The molecule has 1 aliphatic rings. The molecule has 1 aromatic heterocycles. The standard InChI is InChI=1S/C28H28N4O2/c1-17(2)19-9-11-20(12-10-19)26-25(27(33)30-21-13-15-22(34-4)16-14-21)18(3)29-28-31-23-7-5-6-8-24(23)32(26)28/h5-17,26H,1-4H3,(H,29,31)(H,30,33)/t26-/m1/s1. The summed E-state index contributed by atoms with van der Waals surface area (Å²) in [6.07, 6.45) is 0. The number of carbonyl (C=O) groups excluding carboxylic acids is 1. The second kappa shape index (κ2) is 8.71. The lowest BCUT2D eigenvalue weighted by Crippen LogP contribution is -2.30. The van der Waals surface area contributed by atoms with Gasteiger partial charge in [-0.25, -0.2) is 4.98 Å². The van der Waals surface area contributed by atoms with Crippen molar-refractivity contribution < 1.29 is 9.53 Å². The van der Waals surface area contributed by atoms with Gasteiger partial charge in [0.2, 0.25) is 5.95 Å². The lowest BCUT2D eigenvalue weighted by atomic mass is 9.92. The maximum atomic E-state index is 13.7. The minimum absolute atomic E-state index is 0.156. The number of aromatic nitrogens is 2. The molecule has 0 saturated carbocycles. The van der Waals surface area contributed by atoms with Gasteiger partial charge in [0, 0.05) is 11.4 Å². The number of rotatable bonds is 5. The zero-order valence-electron chi connectivity index (χ0n) is 19.8. The van der Waals surface area contributed by atoms with Gasteiger partial charge in [0.25, 0.3) is 5.91 Å². The van der Waals surface area contributed by atoms with E-state index in [1.807, 2.05) is 55.5 Å². The third kappa shape index (κ3) is 3.81. The molecule has 6 heteroatoms. The zero-order valence-corrected chi connectivity index (χ0v) is 19.8. The number of hydrogen-bond donors (Lipinski definition) is 2. The molecule has 4 aromatic rings. The highest BCUT2D eigenvalue weighted by atomic mass is 16.5. The minimum atomic E-state index is -0.317. The van der Waals surface area contributed by atoms with Gasteiger partial charge in [-0.05, 0) is 60.4 Å². The number of nitrogens with one attached hydrogen (secondary N) is 2. The van der Waals surface area contributed by atoms with Crippen molar-refractivity contribution in [2.24, 2.45) is 0 Å². The van der Waals surface area contributed by atoms with E-state index in [2.05, 4.69) is 53.3 Å². The molecule has 6 nitrogen and oxygen atoms in total. The number of ether oxygens (including phenoxy) is 1. The van der Waals surface area contributed by atoms with Gasteiger partial charge in [0.1, 0.15) is 5.75 Å². The largest absolute Gasteiger partial charge is 0.497 e. The first-order valence-electron chi connectivity index (χ1n) is 11.5. The molecule has 0 aliphatic carbocycles. The van der Waals surface area contributed by atoms with Crippen molar-refractivity contribution in [2.45, 2.75) is 32.7 Å². The highest BCUT2D eigenvalue weighted by Gasteiger charge is 2.34. The van der Waals surface area contributed by atoms with Crippen LogP contribution in [0.2, 0.25) is 0 Å². The Morgan fingerprint density at radius 2 is 1.74 bits per heavy atom. The van der Waals surface area contributed by atoms with Gasteiger partial charge in [-0.1, -0.05) is 50.2 Å². The Balaban J connectivity index is 1.61. The number of allylic oxidation sites excluding steroid dienone is 1. The van der Waals surface area contributed by atoms with Crippen molar-refractivity contribution in [3.8, 4) is 5.75 Å². The Hall–Kier alpha value is -4.06. The SMILES string of the molecule is COc1ccc(NC(=O)C2=C(C)Nc3nc4ccccc4n3[C@@H]2c2ccc(C(C)C)cc2)cc1. The average Bonchev–Trinajstić information content (AvgIpc) is 3.21. The summed E-state index contributed by atoms with van der Waals surface area (Å²) in [6.45, 7) is 6.29. The van der Waals surface area contributed by atoms with Crippen LogP contribution in [-0.4, -0.2) is 22.6 Å². The van der Waals surface area contributed by atoms with Crippen molar-refractivity contribution in [3.63, 3.8) is 0 Å². The van der Waals surface area contributed by atoms with E-state index in [4.69, 9.17) is 9.72 Å². The minimum Gasteiger partial charge on any atom is -0.497 e. The summed E-state index contributed by atoms with van der Waals surface area (Å²) in [5.74, 6) is 1.75. The third-order valence-corrected chi connectivity index (χ3v) is 6.34. The van der Waals surface area contributed by atoms with Gasteiger partial charge in [-0.2, -0.15) is 0 Å². The van der Waals surface area contributed by atoms with E-state index in [0.29, 0.717) is 17.2 Å². The van der Waals surface area contributed by atoms with E-state index in [-0.39, 0.29) is 11.9 Å². The molecule has 1 atom stereocenters. The number of methoxy groups -OCH3 is 1. The van der Waals surface area contributed by atoms with E-state index >= 15 is 0 Å². The Bertz CT molecular complexity index is 1380. The van der Waals surface area contributed by atoms with Crippen LogP contribution in [0.3, 0.4) is 0 Å². The molecule has 3 aromatic carbocycles. The van der Waals surface area contributed by atoms with Gasteiger partial charge < -0.3 is 15.4 Å². The molecular weight excluding hydrogens is 424 g/mol. The molecule has 0 unspecified atom stereocenters. The molecule has 2 N–H and O–H groups in total. The van der Waals surface area contributed by atoms with Crippen molar-refractivity contribution >= 4 is 28.6 Å². The van der Waals surface area contributed by atoms with Crippen molar-refractivity contribution in [1.29, 1.82) is 0 Å². The van der Waals surface area contributed by atoms with Gasteiger partial charge >= 0.3 is 0 Å². The Morgan fingerprint density at radius 1 is 1.03 bits per heavy atom. The van der Waals surface area contributed by atoms with Crippen molar-refractivity contribution in [1.82, 2.24) is 9.55 Å². The highest BCUT2D eigenvalue weighted by molar-refractivity contribution is 6.06. The molecule has 2 heterocycles. The summed E-state index contributed by atoms with van der Waals surface area (Å²) >= 11 is 0. The van der Waals surface area contributed by atoms with Crippen LogP contribution in [0.1, 0.15) is 43.9 Å². The number of carbonyl (C=O) groups is 1. The molecule has 172 valence electrons. The van der Waals surface area contributed by atoms with E-state index in [9.17, 15) is 4.79 Å². The second-order valence-corrected chi connectivity index (χ2v) is 8.86. The van der Waals surface area contributed by atoms with E-state index < -0.39 is 0 Å². The lowest BCUT2D eigenvalue weighted by molar-refractivity contribution is -0.113. The molecule has 0 fully saturated rings. The van der Waals surface area contributed by atoms with Crippen LogP contribution < -0.4 is 15.4 Å². The summed E-state index contributed by atoms with van der Waals surface area (Å²) < 4.78 is 7.36. The zero-order chi connectivity index (χ0) is 23.8. The molecule has 0 radical (unpaired) electrons. The summed E-state index contributed by atoms with van der Waals surface area (Å²) in [6, 6.07) is 23.6. The van der Waals surface area contributed by atoms with Crippen LogP contribution in [0.5, 0.6) is 5.75 Å². The number of para-hydroxylation sites is 2. The van der Waals surface area contributed by atoms with Crippen molar-refractivity contribution in [2.75, 3.05) is 17.7 Å². The summed E-state index contributed by atoms with van der Waals surface area (Å²) in [5.41, 5.74) is 6.31. The summed E-state index contributed by atoms with van der Waals surface area (Å²) in [7, 11) is 1.62. The van der Waals surface area contributed by atoms with Crippen LogP contribution in [0, 0.1) is 0 Å². The number of benzene rings is 3. The van der Waals surface area contributed by atoms with Crippen LogP contribution in [0.4, 0.5) is 11.6 Å². The second-order valence-electron chi connectivity index (χ2n) is 8.86. The molecule has 0 bridgehead atoms. The summed E-state index contributed by atoms with van der Waals surface area (Å²) in [5, 5.41) is 6.43. The van der Waals surface area contributed by atoms with Crippen molar-refractivity contribution in [3.05, 3.63) is 95.2 Å². The highest BCUT2D eigenvalue weighted by Crippen LogP contribution is 2.39. The number of imidazole rings is 1. The fourth-order valence-electron chi connectivity index (χ4n) is 4.51. The van der Waals surface area contributed by atoms with E-state index in [1.54, 1.807) is 7.11 Å². The van der Waals surface area contributed by atoms with Gasteiger partial charge in [-0.15, -0.1) is 0 Å². The fraction of sp³-hybridized carbons (Fsp3) is 0.214. The van der Waals surface area contributed by atoms with Gasteiger partial charge in [0.15, 0.2) is 0 Å². The Labute approximate surface area is 199 Å². The fourth-order valence-corrected chi connectivity index (χ4v) is 4.51. The normalized spacial score (nSPS) is 15.3. The molecule has 1 aliphatic heterocycles. The van der Waals surface area contributed by atoms with E-state index in [1.165, 1.54) is 5.56 Å². The van der Waals surface area contributed by atoms with E-state index in [0.717, 1.165) is 34.0 Å². The first-order chi connectivity index (χ1) is 16.5. The number of anilines is 2. The number of nitrogens with zero attached hydrogens (tertiary/aromatic N) is 2. The molecule has 0 saturated heterocycles. The van der Waals surface area contributed by atoms with Crippen LogP contribution in [-0.2, 0) is 4.79 Å². The predicted molar refractivity (Wildman–Crippen MR) is 136 cm³/mol. The molecule has 0 spiro atoms. The number of fused-ring (bicyclic) bond motifs is 3. The topological polar surface area (TPSA) is 68.2 Å². The predicted octanol–water partition coefficient (Wildman–Crippen LogP) is 6.10. The number of hydrogen-bond acceptors (Lipinski definition) is 4. The van der Waals surface area contributed by atoms with Gasteiger partial charge in [-0.3, -0.25) is 9.36 Å². The van der Waals surface area contributed by atoms with Crippen LogP contribution in [0.15, 0.2) is 84.1 Å². The van der Waals surface area contributed by atoms with Crippen LogP contribution in [0.25, 0.3) is 11.0 Å². The lowest BCUT2D eigenvalue weighted by Gasteiger charge is -2.31. The molecule has 34 heavy (non-hydrogen) atoms. The smallest absolute Gasteiger partial charge is 0.255 e. The first kappa shape index (κ1) is 21.8. The molecule has 5 rings (SSSR count). The Morgan fingerprint density at radius 3 is 2.41 bits per heavy atom. The number of amides is 1.